The van der Waals surface area contributed by atoms with E-state index >= 15 is 0 Å². The fourth-order valence-corrected chi connectivity index (χ4v) is 3.78. The number of amidine groups is 1. The van der Waals surface area contributed by atoms with Crippen molar-refractivity contribution in [1.29, 1.82) is 0 Å². The number of aliphatic imine (C=N–C) groups is 2. The summed E-state index contributed by atoms with van der Waals surface area (Å²) in [7, 11) is 0. The van der Waals surface area contributed by atoms with Gasteiger partial charge in [-0.15, -0.1) is 0 Å². The summed E-state index contributed by atoms with van der Waals surface area (Å²) in [6.07, 6.45) is 7.00. The molecule has 2 nitrogen and oxygen atoms in total. The summed E-state index contributed by atoms with van der Waals surface area (Å²) in [4.78, 5) is 8.55. The lowest BCUT2D eigenvalue weighted by atomic mass is 10.0. The first kappa shape index (κ1) is 32.5. The van der Waals surface area contributed by atoms with E-state index in [1.54, 1.807) is 0 Å². The van der Waals surface area contributed by atoms with Gasteiger partial charge in [0.15, 0.2) is 5.84 Å². The molecule has 37 heavy (non-hydrogen) atoms. The van der Waals surface area contributed by atoms with E-state index in [2.05, 4.69) is 43.9 Å². The van der Waals surface area contributed by atoms with Gasteiger partial charge < -0.3 is 0 Å². The van der Waals surface area contributed by atoms with E-state index in [1.807, 2.05) is 62.4 Å². The van der Waals surface area contributed by atoms with Gasteiger partial charge in [0.2, 0.25) is 0 Å². The molecule has 0 aliphatic carbocycles. The average molecular weight is 525 g/mol. The molecule has 0 saturated carbocycles. The van der Waals surface area contributed by atoms with Gasteiger partial charge in [-0.25, -0.2) is 9.38 Å². The SMILES string of the molecule is C=C(C)c1ccc(C2=NCC(C(C)(C)F)=N2)cc1.C=C(C)c1ccccc1Cl.CCCCCC(C)CC. The van der Waals surface area contributed by atoms with E-state index in [4.69, 9.17) is 11.6 Å². The zero-order chi connectivity index (χ0) is 28.0. The van der Waals surface area contributed by atoms with Crippen LogP contribution < -0.4 is 0 Å². The molecule has 2 aromatic rings. The zero-order valence-corrected chi connectivity index (χ0v) is 24.8. The molecule has 1 aliphatic rings. The van der Waals surface area contributed by atoms with Crippen LogP contribution in [-0.4, -0.2) is 23.8 Å². The van der Waals surface area contributed by atoms with Gasteiger partial charge in [-0.3, -0.25) is 4.99 Å². The number of hydrogen-bond donors (Lipinski definition) is 0. The first-order valence-electron chi connectivity index (χ1n) is 13.4. The maximum atomic E-state index is 13.7. The van der Waals surface area contributed by atoms with Crippen molar-refractivity contribution in [2.24, 2.45) is 15.9 Å². The second-order valence-corrected chi connectivity index (χ2v) is 10.7. The second kappa shape index (κ2) is 16.3. The molecule has 0 fully saturated rings. The van der Waals surface area contributed by atoms with Gasteiger partial charge in [-0.2, -0.15) is 0 Å². The van der Waals surface area contributed by atoms with Gasteiger partial charge in [0, 0.05) is 10.6 Å². The van der Waals surface area contributed by atoms with Gasteiger partial charge in [0.25, 0.3) is 0 Å². The molecule has 2 aromatic carbocycles. The number of halogens is 2. The number of rotatable bonds is 9. The number of hydrogen-bond acceptors (Lipinski definition) is 2. The van der Waals surface area contributed by atoms with Crippen LogP contribution in [0.1, 0.15) is 97.3 Å². The lowest BCUT2D eigenvalue weighted by molar-refractivity contribution is 0.312. The molecule has 202 valence electrons. The summed E-state index contributed by atoms with van der Waals surface area (Å²) in [5, 5.41) is 0.773. The van der Waals surface area contributed by atoms with Crippen molar-refractivity contribution in [1.82, 2.24) is 0 Å². The first-order chi connectivity index (χ1) is 17.4. The summed E-state index contributed by atoms with van der Waals surface area (Å²) in [6.45, 7) is 21.8. The Hall–Kier alpha value is -2.52. The van der Waals surface area contributed by atoms with Gasteiger partial charge in [-0.1, -0.05) is 126 Å². The van der Waals surface area contributed by atoms with Crippen LogP contribution in [0.4, 0.5) is 4.39 Å². The van der Waals surface area contributed by atoms with E-state index in [-0.39, 0.29) is 0 Å². The minimum absolute atomic E-state index is 0.348. The molecular weight excluding hydrogens is 479 g/mol. The molecule has 0 bridgehead atoms. The Morgan fingerprint density at radius 2 is 1.62 bits per heavy atom. The van der Waals surface area contributed by atoms with Crippen LogP contribution in [0.3, 0.4) is 0 Å². The maximum Gasteiger partial charge on any atom is 0.155 e. The number of allylic oxidation sites excluding steroid dienone is 2. The minimum atomic E-state index is -1.40. The highest BCUT2D eigenvalue weighted by Gasteiger charge is 2.27. The van der Waals surface area contributed by atoms with Crippen molar-refractivity contribution in [3.63, 3.8) is 0 Å². The van der Waals surface area contributed by atoms with Gasteiger partial charge in [0.05, 0.1) is 12.3 Å². The topological polar surface area (TPSA) is 24.7 Å². The number of unbranched alkanes of at least 4 members (excludes halogenated alkanes) is 2. The van der Waals surface area contributed by atoms with Gasteiger partial charge in [-0.05, 0) is 56.4 Å². The molecule has 0 amide bonds. The molecule has 1 unspecified atom stereocenters. The van der Waals surface area contributed by atoms with Crippen molar-refractivity contribution in [3.05, 3.63) is 83.4 Å². The van der Waals surface area contributed by atoms with Crippen LogP contribution in [0.25, 0.3) is 11.1 Å². The van der Waals surface area contributed by atoms with E-state index in [0.717, 1.165) is 38.8 Å². The number of nitrogens with zero attached hydrogens (tertiary/aromatic N) is 2. The van der Waals surface area contributed by atoms with Crippen molar-refractivity contribution < 1.29 is 4.39 Å². The zero-order valence-electron chi connectivity index (χ0n) is 24.0. The molecule has 0 radical (unpaired) electrons. The van der Waals surface area contributed by atoms with Crippen LogP contribution >= 0.6 is 11.6 Å². The van der Waals surface area contributed by atoms with Crippen LogP contribution in [0, 0.1) is 5.92 Å². The molecule has 1 aliphatic heterocycles. The Labute approximate surface area is 230 Å². The van der Waals surface area contributed by atoms with Crippen LogP contribution in [0.15, 0.2) is 71.7 Å². The fourth-order valence-electron chi connectivity index (χ4n) is 3.48. The third-order valence-electron chi connectivity index (χ3n) is 6.27. The molecule has 3 rings (SSSR count). The van der Waals surface area contributed by atoms with E-state index < -0.39 is 5.67 Å². The van der Waals surface area contributed by atoms with Gasteiger partial charge in [0.1, 0.15) is 5.67 Å². The molecule has 4 heteroatoms. The summed E-state index contributed by atoms with van der Waals surface area (Å²) >= 11 is 5.86. The largest absolute Gasteiger partial charge is 0.260 e. The predicted octanol–water partition coefficient (Wildman–Crippen LogP) is 10.7. The van der Waals surface area contributed by atoms with Crippen LogP contribution in [-0.2, 0) is 0 Å². The van der Waals surface area contributed by atoms with Gasteiger partial charge >= 0.3 is 0 Å². The number of alkyl halides is 1. The quantitative estimate of drug-likeness (QED) is 0.291. The standard InChI is InChI=1S/C15H17FN2.C9H9Cl.C9H20/c1-10(2)11-5-7-12(8-6-11)14-17-9-13(18-14)15(3,4)16;1-7(2)8-5-3-4-6-9(8)10;1-4-6-7-8-9(3)5-2/h5-8H,1,9H2,2-4H3;3-6H,1H2,2H3;9H,4-8H2,1-3H3. The third kappa shape index (κ3) is 12.0. The minimum Gasteiger partial charge on any atom is -0.260 e. The van der Waals surface area contributed by atoms with Crippen molar-refractivity contribution >= 4 is 34.3 Å². The normalized spacial score (nSPS) is 13.3. The predicted molar refractivity (Wildman–Crippen MR) is 165 cm³/mol. The molecular formula is C33H46ClFN2. The van der Waals surface area contributed by atoms with E-state index in [1.165, 1.54) is 46.0 Å². The molecule has 1 heterocycles. The maximum absolute atomic E-state index is 13.7. The first-order valence-corrected chi connectivity index (χ1v) is 13.8. The fraction of sp³-hybridized carbons (Fsp3) is 0.455. The lowest BCUT2D eigenvalue weighted by Crippen LogP contribution is -2.27. The second-order valence-electron chi connectivity index (χ2n) is 10.3. The molecule has 0 saturated heterocycles. The average Bonchev–Trinajstić information content (AvgIpc) is 3.36. The highest BCUT2D eigenvalue weighted by molar-refractivity contribution is 6.32. The smallest absolute Gasteiger partial charge is 0.155 e. The van der Waals surface area contributed by atoms with E-state index in [0.29, 0.717) is 18.1 Å². The molecule has 0 N–H and O–H groups in total. The lowest BCUT2D eigenvalue weighted by Gasteiger charge is -2.12. The van der Waals surface area contributed by atoms with Crippen LogP contribution in [0.2, 0.25) is 5.02 Å². The highest BCUT2D eigenvalue weighted by Crippen LogP contribution is 2.21. The summed E-state index contributed by atoms with van der Waals surface area (Å²) in [5.41, 5.74) is 4.15. The monoisotopic (exact) mass is 524 g/mol. The summed E-state index contributed by atoms with van der Waals surface area (Å²) < 4.78 is 13.7. The Kier molecular flexibility index (Phi) is 14.4. The molecule has 0 spiro atoms. The van der Waals surface area contributed by atoms with Crippen molar-refractivity contribution in [2.75, 3.05) is 6.54 Å². The Morgan fingerprint density at radius 3 is 2.05 bits per heavy atom. The van der Waals surface area contributed by atoms with Crippen molar-refractivity contribution in [2.45, 2.75) is 86.2 Å². The van der Waals surface area contributed by atoms with Crippen molar-refractivity contribution in [3.8, 4) is 0 Å². The highest BCUT2D eigenvalue weighted by atomic mass is 35.5. The molecule has 0 aromatic heterocycles. The Morgan fingerprint density at radius 1 is 1.00 bits per heavy atom. The Bertz CT molecular complexity index is 1060. The summed E-state index contributed by atoms with van der Waals surface area (Å²) in [6, 6.07) is 15.5. The number of benzene rings is 2. The Balaban J connectivity index is 0.000000306. The van der Waals surface area contributed by atoms with Crippen LogP contribution in [0.5, 0.6) is 0 Å². The third-order valence-corrected chi connectivity index (χ3v) is 6.60. The molecule has 1 atom stereocenters. The summed E-state index contributed by atoms with van der Waals surface area (Å²) in [5.74, 6) is 1.57. The van der Waals surface area contributed by atoms with E-state index in [9.17, 15) is 4.39 Å².